The van der Waals surface area contributed by atoms with Gasteiger partial charge in [-0.2, -0.15) is 0 Å². The number of amides is 2. The number of halogens is 2. The minimum Gasteiger partial charge on any atom is -0.493 e. The molecule has 5 nitrogen and oxygen atoms in total. The number of urea groups is 1. The maximum absolute atomic E-state index is 11.8. The van der Waals surface area contributed by atoms with Crippen molar-refractivity contribution < 1.29 is 14.3 Å². The molecule has 2 N–H and O–H groups in total. The van der Waals surface area contributed by atoms with E-state index in [1.54, 1.807) is 25.3 Å². The lowest BCUT2D eigenvalue weighted by atomic mass is 10.2. The van der Waals surface area contributed by atoms with Crippen LogP contribution in [0.15, 0.2) is 36.4 Å². The topological polar surface area (TPSA) is 59.6 Å². The van der Waals surface area contributed by atoms with E-state index in [1.807, 2.05) is 25.1 Å². The number of hydrogen-bond acceptors (Lipinski definition) is 3. The molecule has 0 spiro atoms. The second-order valence-corrected chi connectivity index (χ2v) is 5.85. The van der Waals surface area contributed by atoms with Gasteiger partial charge in [0.25, 0.3) is 0 Å². The smallest absolute Gasteiger partial charge is 0.319 e. The summed E-state index contributed by atoms with van der Waals surface area (Å²) in [5.41, 5.74) is 1.57. The number of methoxy groups -OCH3 is 1. The number of carbonyl (C=O) groups is 1. The summed E-state index contributed by atoms with van der Waals surface area (Å²) in [4.78, 5) is 11.8. The number of benzene rings is 2. The summed E-state index contributed by atoms with van der Waals surface area (Å²) in [5, 5.41) is 6.21. The molecule has 0 fully saturated rings. The van der Waals surface area contributed by atoms with E-state index < -0.39 is 0 Å². The zero-order valence-electron chi connectivity index (χ0n) is 13.4. The monoisotopic (exact) mass is 368 g/mol. The predicted molar refractivity (Wildman–Crippen MR) is 96.7 cm³/mol. The lowest BCUT2D eigenvalue weighted by Gasteiger charge is -2.12. The van der Waals surface area contributed by atoms with E-state index in [4.69, 9.17) is 32.7 Å². The summed E-state index contributed by atoms with van der Waals surface area (Å²) in [5.74, 6) is 1.29. The van der Waals surface area contributed by atoms with Crippen LogP contribution < -0.4 is 20.1 Å². The third kappa shape index (κ3) is 5.22. The van der Waals surface area contributed by atoms with Crippen LogP contribution >= 0.6 is 23.2 Å². The van der Waals surface area contributed by atoms with Crippen LogP contribution in [0.3, 0.4) is 0 Å². The molecule has 0 aliphatic heterocycles. The van der Waals surface area contributed by atoms with Crippen LogP contribution in [0.1, 0.15) is 5.56 Å². The highest BCUT2D eigenvalue weighted by molar-refractivity contribution is 6.36. The Labute approximate surface area is 150 Å². The minimum absolute atomic E-state index is 0.307. The SMILES string of the molecule is COc1cc(C)ccc1OCCNC(=O)Nc1ccc(Cl)cc1Cl. The number of nitrogens with one attached hydrogen (secondary N) is 2. The zero-order valence-corrected chi connectivity index (χ0v) is 14.9. The molecule has 2 aromatic rings. The van der Waals surface area contributed by atoms with Gasteiger partial charge in [-0.05, 0) is 42.8 Å². The van der Waals surface area contributed by atoms with E-state index >= 15 is 0 Å². The Balaban J connectivity index is 1.79. The lowest BCUT2D eigenvalue weighted by Crippen LogP contribution is -2.32. The molecule has 0 aliphatic rings. The summed E-state index contributed by atoms with van der Waals surface area (Å²) in [6.45, 7) is 2.61. The first-order valence-corrected chi connectivity index (χ1v) is 8.02. The number of anilines is 1. The molecule has 0 saturated carbocycles. The van der Waals surface area contributed by atoms with Gasteiger partial charge in [0.2, 0.25) is 0 Å². The number of hydrogen-bond donors (Lipinski definition) is 2. The molecule has 0 heterocycles. The maximum Gasteiger partial charge on any atom is 0.319 e. The van der Waals surface area contributed by atoms with Crippen molar-refractivity contribution >= 4 is 34.9 Å². The second kappa shape index (κ2) is 8.66. The number of rotatable bonds is 6. The van der Waals surface area contributed by atoms with Crippen LogP contribution in [0, 0.1) is 6.92 Å². The van der Waals surface area contributed by atoms with Gasteiger partial charge >= 0.3 is 6.03 Å². The molecule has 0 saturated heterocycles. The molecule has 0 unspecified atom stereocenters. The Hall–Kier alpha value is -2.11. The Morgan fingerprint density at radius 1 is 1.12 bits per heavy atom. The van der Waals surface area contributed by atoms with E-state index in [1.165, 1.54) is 0 Å². The summed E-state index contributed by atoms with van der Waals surface area (Å²) in [6.07, 6.45) is 0. The first-order valence-electron chi connectivity index (χ1n) is 7.27. The van der Waals surface area contributed by atoms with Crippen molar-refractivity contribution in [2.45, 2.75) is 6.92 Å². The van der Waals surface area contributed by atoms with Gasteiger partial charge in [-0.25, -0.2) is 4.79 Å². The number of ether oxygens (including phenoxy) is 2. The molecule has 128 valence electrons. The fourth-order valence-corrected chi connectivity index (χ4v) is 2.43. The van der Waals surface area contributed by atoms with Gasteiger partial charge in [-0.1, -0.05) is 29.3 Å². The van der Waals surface area contributed by atoms with E-state index in [9.17, 15) is 4.79 Å². The second-order valence-electron chi connectivity index (χ2n) is 5.01. The molecule has 0 atom stereocenters. The van der Waals surface area contributed by atoms with E-state index in [-0.39, 0.29) is 6.03 Å². The summed E-state index contributed by atoms with van der Waals surface area (Å²) in [6, 6.07) is 10.1. The third-order valence-electron chi connectivity index (χ3n) is 3.14. The molecule has 0 bridgehead atoms. The van der Waals surface area contributed by atoms with Crippen molar-refractivity contribution in [3.63, 3.8) is 0 Å². The van der Waals surface area contributed by atoms with Crippen molar-refractivity contribution in [1.29, 1.82) is 0 Å². The Bertz CT molecular complexity index is 723. The van der Waals surface area contributed by atoms with Gasteiger partial charge in [0.15, 0.2) is 11.5 Å². The van der Waals surface area contributed by atoms with Gasteiger partial charge in [-0.3, -0.25) is 0 Å². The van der Waals surface area contributed by atoms with Crippen LogP contribution in [-0.2, 0) is 0 Å². The summed E-state index contributed by atoms with van der Waals surface area (Å²) < 4.78 is 10.9. The van der Waals surface area contributed by atoms with Crippen molar-refractivity contribution in [2.75, 3.05) is 25.6 Å². The average Bonchev–Trinajstić information content (AvgIpc) is 2.55. The van der Waals surface area contributed by atoms with E-state index in [0.29, 0.717) is 40.4 Å². The first-order chi connectivity index (χ1) is 11.5. The van der Waals surface area contributed by atoms with Crippen LogP contribution in [0.5, 0.6) is 11.5 Å². The highest BCUT2D eigenvalue weighted by Gasteiger charge is 2.07. The maximum atomic E-state index is 11.8. The van der Waals surface area contributed by atoms with Gasteiger partial charge in [0.1, 0.15) is 6.61 Å². The minimum atomic E-state index is -0.376. The number of aryl methyl sites for hydroxylation is 1. The van der Waals surface area contributed by atoms with Gasteiger partial charge in [0.05, 0.1) is 24.4 Å². The van der Waals surface area contributed by atoms with Crippen LogP contribution in [0.2, 0.25) is 10.0 Å². The molecule has 0 aromatic heterocycles. The van der Waals surface area contributed by atoms with Gasteiger partial charge < -0.3 is 20.1 Å². The average molecular weight is 369 g/mol. The van der Waals surface area contributed by atoms with Crippen molar-refractivity contribution in [1.82, 2.24) is 5.32 Å². The van der Waals surface area contributed by atoms with E-state index in [2.05, 4.69) is 10.6 Å². The quantitative estimate of drug-likeness (QED) is 0.737. The first kappa shape index (κ1) is 18.2. The van der Waals surface area contributed by atoms with Crippen LogP contribution in [0.25, 0.3) is 0 Å². The molecule has 2 amide bonds. The summed E-state index contributed by atoms with van der Waals surface area (Å²) >= 11 is 11.8. The van der Waals surface area contributed by atoms with Gasteiger partial charge in [-0.15, -0.1) is 0 Å². The van der Waals surface area contributed by atoms with Crippen LogP contribution in [0.4, 0.5) is 10.5 Å². The molecule has 2 rings (SSSR count). The molecule has 7 heteroatoms. The molecule has 0 aliphatic carbocycles. The van der Waals surface area contributed by atoms with Gasteiger partial charge in [0, 0.05) is 5.02 Å². The van der Waals surface area contributed by atoms with Crippen molar-refractivity contribution in [3.05, 3.63) is 52.0 Å². The Kier molecular flexibility index (Phi) is 6.58. The van der Waals surface area contributed by atoms with Crippen LogP contribution in [-0.4, -0.2) is 26.3 Å². The number of carbonyl (C=O) groups excluding carboxylic acids is 1. The van der Waals surface area contributed by atoms with E-state index in [0.717, 1.165) is 5.56 Å². The molecular formula is C17H18Cl2N2O3. The Morgan fingerprint density at radius 3 is 2.62 bits per heavy atom. The van der Waals surface area contributed by atoms with Crippen molar-refractivity contribution in [3.8, 4) is 11.5 Å². The third-order valence-corrected chi connectivity index (χ3v) is 3.69. The van der Waals surface area contributed by atoms with Crippen molar-refractivity contribution in [2.24, 2.45) is 0 Å². The highest BCUT2D eigenvalue weighted by atomic mass is 35.5. The highest BCUT2D eigenvalue weighted by Crippen LogP contribution is 2.27. The standard InChI is InChI=1S/C17H18Cl2N2O3/c1-11-3-6-15(16(9-11)23-2)24-8-7-20-17(22)21-14-5-4-12(18)10-13(14)19/h3-6,9-10H,7-8H2,1-2H3,(H2,20,21,22). The molecule has 24 heavy (non-hydrogen) atoms. The lowest BCUT2D eigenvalue weighted by molar-refractivity contribution is 0.246. The predicted octanol–water partition coefficient (Wildman–Crippen LogP) is 4.51. The molecule has 2 aromatic carbocycles. The largest absolute Gasteiger partial charge is 0.493 e. The fourth-order valence-electron chi connectivity index (χ4n) is 1.98. The molecular weight excluding hydrogens is 351 g/mol. The normalized spacial score (nSPS) is 10.2. The summed E-state index contributed by atoms with van der Waals surface area (Å²) in [7, 11) is 1.59. The zero-order chi connectivity index (χ0) is 17.5. The fraction of sp³-hybridized carbons (Fsp3) is 0.235. The molecule has 0 radical (unpaired) electrons. The Morgan fingerprint density at radius 2 is 1.92 bits per heavy atom.